The van der Waals surface area contributed by atoms with E-state index in [9.17, 15) is 8.78 Å². The first-order valence-electron chi connectivity index (χ1n) is 6.13. The average molecular weight is 377 g/mol. The van der Waals surface area contributed by atoms with Gasteiger partial charge in [-0.25, -0.2) is 8.78 Å². The van der Waals surface area contributed by atoms with E-state index in [-0.39, 0.29) is 9.50 Å². The number of nitrogens with one attached hydrogen (secondary N) is 1. The van der Waals surface area contributed by atoms with E-state index in [0.29, 0.717) is 16.9 Å². The molecule has 2 rings (SSSR count). The minimum absolute atomic E-state index is 0.269. The quantitative estimate of drug-likeness (QED) is 0.835. The van der Waals surface area contributed by atoms with Crippen molar-refractivity contribution < 1.29 is 13.5 Å². The van der Waals surface area contributed by atoms with Gasteiger partial charge in [-0.15, -0.1) is 0 Å². The molecule has 2 nitrogen and oxygen atoms in total. The van der Waals surface area contributed by atoms with Crippen molar-refractivity contribution in [3.8, 4) is 5.75 Å². The molecule has 0 spiro atoms. The van der Waals surface area contributed by atoms with Crippen molar-refractivity contribution in [3.05, 3.63) is 62.6 Å². The summed E-state index contributed by atoms with van der Waals surface area (Å²) in [6.45, 7) is 0. The Bertz CT molecular complexity index is 646. The lowest BCUT2D eigenvalue weighted by molar-refractivity contribution is 0.400. The molecule has 6 heteroatoms. The third-order valence-corrected chi connectivity index (χ3v) is 4.10. The first-order valence-corrected chi connectivity index (χ1v) is 7.30. The maximum Gasteiger partial charge on any atom is 0.141 e. The number of hydrogen-bond acceptors (Lipinski definition) is 2. The van der Waals surface area contributed by atoms with E-state index in [0.717, 1.165) is 0 Å². The molecule has 0 aliphatic carbocycles. The van der Waals surface area contributed by atoms with Gasteiger partial charge in [-0.05, 0) is 41.2 Å². The molecular formula is C15H13BrClF2NO. The predicted molar refractivity (Wildman–Crippen MR) is 83.0 cm³/mol. The van der Waals surface area contributed by atoms with E-state index >= 15 is 0 Å². The van der Waals surface area contributed by atoms with Crippen molar-refractivity contribution in [1.29, 1.82) is 0 Å². The molecule has 0 amide bonds. The fourth-order valence-electron chi connectivity index (χ4n) is 2.19. The summed E-state index contributed by atoms with van der Waals surface area (Å²) in [5.41, 5.74) is 0.874. The predicted octanol–water partition coefficient (Wildman–Crippen LogP) is 4.70. The third-order valence-electron chi connectivity index (χ3n) is 3.16. The van der Waals surface area contributed by atoms with Crippen molar-refractivity contribution in [2.45, 2.75) is 6.04 Å². The molecule has 0 aliphatic heterocycles. The molecule has 1 unspecified atom stereocenters. The largest absolute Gasteiger partial charge is 0.496 e. The lowest BCUT2D eigenvalue weighted by atomic mass is 9.97. The van der Waals surface area contributed by atoms with E-state index in [1.165, 1.54) is 25.3 Å². The van der Waals surface area contributed by atoms with Crippen molar-refractivity contribution in [2.75, 3.05) is 14.2 Å². The van der Waals surface area contributed by atoms with Crippen LogP contribution >= 0.6 is 27.5 Å². The zero-order valence-corrected chi connectivity index (χ0v) is 13.7. The number of ether oxygens (including phenoxy) is 1. The molecule has 0 radical (unpaired) electrons. The van der Waals surface area contributed by atoms with Gasteiger partial charge in [0.15, 0.2) is 0 Å². The van der Waals surface area contributed by atoms with Gasteiger partial charge < -0.3 is 10.1 Å². The van der Waals surface area contributed by atoms with Gasteiger partial charge in [-0.3, -0.25) is 0 Å². The minimum atomic E-state index is -0.564. The molecule has 0 heterocycles. The number of benzene rings is 2. The van der Waals surface area contributed by atoms with Crippen LogP contribution in [-0.4, -0.2) is 14.2 Å². The molecule has 0 saturated carbocycles. The second kappa shape index (κ2) is 6.73. The van der Waals surface area contributed by atoms with Gasteiger partial charge in [0.1, 0.15) is 17.4 Å². The zero-order valence-electron chi connectivity index (χ0n) is 11.4. The van der Waals surface area contributed by atoms with Gasteiger partial charge in [-0.2, -0.15) is 0 Å². The highest BCUT2D eigenvalue weighted by atomic mass is 79.9. The molecule has 1 atom stereocenters. The van der Waals surface area contributed by atoms with Gasteiger partial charge in [0, 0.05) is 22.2 Å². The van der Waals surface area contributed by atoms with E-state index in [4.69, 9.17) is 16.3 Å². The molecule has 1 N–H and O–H groups in total. The molecule has 0 aliphatic rings. The molecule has 21 heavy (non-hydrogen) atoms. The van der Waals surface area contributed by atoms with Crippen molar-refractivity contribution in [3.63, 3.8) is 0 Å². The van der Waals surface area contributed by atoms with Crippen LogP contribution in [0.2, 0.25) is 5.02 Å². The number of rotatable bonds is 4. The topological polar surface area (TPSA) is 21.3 Å². The summed E-state index contributed by atoms with van der Waals surface area (Å²) in [6, 6.07) is 6.71. The minimum Gasteiger partial charge on any atom is -0.496 e. The van der Waals surface area contributed by atoms with Crippen LogP contribution in [0.25, 0.3) is 0 Å². The Hall–Kier alpha value is -1.17. The molecule has 0 saturated heterocycles. The molecule has 0 bridgehead atoms. The monoisotopic (exact) mass is 375 g/mol. The SMILES string of the molecule is CNC(c1cc(Br)c(F)cc1OC)c1c(F)cccc1Cl. The van der Waals surface area contributed by atoms with Gasteiger partial charge in [0.05, 0.1) is 17.6 Å². The van der Waals surface area contributed by atoms with Crippen LogP contribution in [0.3, 0.4) is 0 Å². The van der Waals surface area contributed by atoms with Crippen molar-refractivity contribution in [2.24, 2.45) is 0 Å². The summed E-state index contributed by atoms with van der Waals surface area (Å²) in [7, 11) is 3.10. The Kier molecular flexibility index (Phi) is 5.19. The van der Waals surface area contributed by atoms with E-state index in [2.05, 4.69) is 21.2 Å². The maximum atomic E-state index is 14.1. The lowest BCUT2D eigenvalue weighted by Crippen LogP contribution is -2.20. The summed E-state index contributed by atoms with van der Waals surface area (Å²) >= 11 is 9.24. The molecule has 112 valence electrons. The summed E-state index contributed by atoms with van der Waals surface area (Å²) in [6.07, 6.45) is 0. The van der Waals surface area contributed by atoms with Crippen LogP contribution in [0.1, 0.15) is 17.2 Å². The summed E-state index contributed by atoms with van der Waals surface area (Å²) in [5, 5.41) is 3.28. The third kappa shape index (κ3) is 3.20. The van der Waals surface area contributed by atoms with Gasteiger partial charge in [0.25, 0.3) is 0 Å². The summed E-state index contributed by atoms with van der Waals surface area (Å²) < 4.78 is 33.2. The van der Waals surface area contributed by atoms with Crippen LogP contribution in [-0.2, 0) is 0 Å². The Morgan fingerprint density at radius 2 is 1.95 bits per heavy atom. The number of hydrogen-bond donors (Lipinski definition) is 1. The van der Waals surface area contributed by atoms with Gasteiger partial charge in [-0.1, -0.05) is 17.7 Å². The Morgan fingerprint density at radius 3 is 2.52 bits per heavy atom. The second-order valence-electron chi connectivity index (χ2n) is 4.37. The zero-order chi connectivity index (χ0) is 15.6. The van der Waals surface area contributed by atoms with Crippen molar-refractivity contribution in [1.82, 2.24) is 5.32 Å². The van der Waals surface area contributed by atoms with Crippen LogP contribution in [0.4, 0.5) is 8.78 Å². The van der Waals surface area contributed by atoms with Crippen LogP contribution in [0.15, 0.2) is 34.8 Å². The highest BCUT2D eigenvalue weighted by molar-refractivity contribution is 9.10. The van der Waals surface area contributed by atoms with E-state index < -0.39 is 17.7 Å². The Labute approximate surface area is 135 Å². The molecule has 2 aromatic carbocycles. The number of methoxy groups -OCH3 is 1. The highest BCUT2D eigenvalue weighted by Crippen LogP contribution is 2.37. The standard InChI is InChI=1S/C15H13BrClF2NO/c1-20-15(14-10(17)4-3-5-11(14)18)8-6-9(16)12(19)7-13(8)21-2/h3-7,15,20H,1-2H3. The van der Waals surface area contributed by atoms with Gasteiger partial charge in [0.2, 0.25) is 0 Å². The highest BCUT2D eigenvalue weighted by Gasteiger charge is 2.23. The van der Waals surface area contributed by atoms with Crippen molar-refractivity contribution >= 4 is 27.5 Å². The van der Waals surface area contributed by atoms with Crippen LogP contribution < -0.4 is 10.1 Å². The average Bonchev–Trinajstić information content (AvgIpc) is 2.46. The Balaban J connectivity index is 2.64. The second-order valence-corrected chi connectivity index (χ2v) is 5.63. The van der Waals surface area contributed by atoms with E-state index in [1.807, 2.05) is 0 Å². The van der Waals surface area contributed by atoms with E-state index in [1.54, 1.807) is 19.2 Å². The molecular weight excluding hydrogens is 364 g/mol. The lowest BCUT2D eigenvalue weighted by Gasteiger charge is -2.22. The fourth-order valence-corrected chi connectivity index (χ4v) is 2.82. The fraction of sp³-hybridized carbons (Fsp3) is 0.200. The molecule has 0 aromatic heterocycles. The number of halogens is 4. The summed E-state index contributed by atoms with van der Waals surface area (Å²) in [5.74, 6) is -0.580. The maximum absolute atomic E-state index is 14.1. The summed E-state index contributed by atoms with van der Waals surface area (Å²) in [4.78, 5) is 0. The first kappa shape index (κ1) is 16.2. The van der Waals surface area contributed by atoms with Gasteiger partial charge >= 0.3 is 0 Å². The molecule has 0 fully saturated rings. The molecule has 2 aromatic rings. The normalized spacial score (nSPS) is 12.3. The van der Waals surface area contributed by atoms with Crippen LogP contribution in [0.5, 0.6) is 5.75 Å². The smallest absolute Gasteiger partial charge is 0.141 e. The van der Waals surface area contributed by atoms with Crippen LogP contribution in [0, 0.1) is 11.6 Å². The first-order chi connectivity index (χ1) is 9.99. The Morgan fingerprint density at radius 1 is 1.24 bits per heavy atom.